The summed E-state index contributed by atoms with van der Waals surface area (Å²) < 4.78 is 7.65. The Morgan fingerprint density at radius 2 is 1.79 bits per heavy atom. The van der Waals surface area contributed by atoms with Gasteiger partial charge in [0.2, 0.25) is 0 Å². The Morgan fingerprint density at radius 1 is 1.04 bits per heavy atom. The molecule has 122 valence electrons. The number of rotatable bonds is 4. The largest absolute Gasteiger partial charge is 0.497 e. The summed E-state index contributed by atoms with van der Waals surface area (Å²) >= 11 is 0. The number of ether oxygens (including phenoxy) is 1. The van der Waals surface area contributed by atoms with Crippen molar-refractivity contribution < 1.29 is 4.74 Å². The summed E-state index contributed by atoms with van der Waals surface area (Å²) in [5.41, 5.74) is 4.84. The fourth-order valence-corrected chi connectivity index (χ4v) is 3.07. The maximum atomic E-state index is 5.40. The van der Waals surface area contributed by atoms with Crippen LogP contribution in [0.4, 0.5) is 0 Å². The quantitative estimate of drug-likeness (QED) is 0.578. The van der Waals surface area contributed by atoms with E-state index < -0.39 is 0 Å². The van der Waals surface area contributed by atoms with Crippen molar-refractivity contribution in [2.45, 2.75) is 6.54 Å². The van der Waals surface area contributed by atoms with E-state index in [2.05, 4.69) is 29.6 Å². The Bertz CT molecular complexity index is 1040. The molecule has 2 heterocycles. The Morgan fingerprint density at radius 3 is 2.50 bits per heavy atom. The molecule has 24 heavy (non-hydrogen) atoms. The van der Waals surface area contributed by atoms with Crippen LogP contribution in [-0.2, 0) is 6.54 Å². The fourth-order valence-electron chi connectivity index (χ4n) is 3.07. The number of para-hydroxylation sites is 2. The van der Waals surface area contributed by atoms with Crippen molar-refractivity contribution in [1.29, 1.82) is 0 Å². The summed E-state index contributed by atoms with van der Waals surface area (Å²) in [4.78, 5) is 11.9. The van der Waals surface area contributed by atoms with Crippen LogP contribution in [0, 0.1) is 0 Å². The van der Waals surface area contributed by atoms with Gasteiger partial charge >= 0.3 is 0 Å². The lowest BCUT2D eigenvalue weighted by atomic mass is 10.2. The number of aromatic nitrogens is 3. The average Bonchev–Trinajstić information content (AvgIpc) is 2.90. The molecule has 0 aliphatic rings. The zero-order valence-corrected chi connectivity index (χ0v) is 14.2. The zero-order chi connectivity index (χ0) is 16.7. The van der Waals surface area contributed by atoms with Gasteiger partial charge in [-0.2, -0.15) is 0 Å². The van der Waals surface area contributed by atoms with Gasteiger partial charge in [-0.25, -0.2) is 9.97 Å². The molecule has 0 fully saturated rings. The highest BCUT2D eigenvalue weighted by Crippen LogP contribution is 2.31. The molecule has 0 bridgehead atoms. The van der Waals surface area contributed by atoms with Crippen LogP contribution in [0.1, 0.15) is 0 Å². The zero-order valence-electron chi connectivity index (χ0n) is 14.2. The Balaban J connectivity index is 2.06. The molecule has 5 nitrogen and oxygen atoms in total. The van der Waals surface area contributed by atoms with Gasteiger partial charge < -0.3 is 14.2 Å². The SMILES string of the molecule is COc1ccc2c(c1)c1nc3ccccc3nc1n2CCN(C)C. The molecule has 0 N–H and O–H groups in total. The van der Waals surface area contributed by atoms with E-state index in [0.29, 0.717) is 0 Å². The first-order chi connectivity index (χ1) is 11.7. The van der Waals surface area contributed by atoms with Crippen molar-refractivity contribution in [1.82, 2.24) is 19.4 Å². The van der Waals surface area contributed by atoms with E-state index in [1.807, 2.05) is 36.4 Å². The lowest BCUT2D eigenvalue weighted by molar-refractivity contribution is 0.389. The Hall–Kier alpha value is -2.66. The van der Waals surface area contributed by atoms with E-state index in [0.717, 1.165) is 51.9 Å². The molecule has 0 saturated carbocycles. The number of hydrogen-bond acceptors (Lipinski definition) is 4. The topological polar surface area (TPSA) is 43.2 Å². The van der Waals surface area contributed by atoms with Gasteiger partial charge in [0.1, 0.15) is 11.3 Å². The normalized spacial score (nSPS) is 11.8. The predicted octanol–water partition coefficient (Wildman–Crippen LogP) is 3.31. The molecule has 0 unspecified atom stereocenters. The van der Waals surface area contributed by atoms with Crippen molar-refractivity contribution in [2.24, 2.45) is 0 Å². The average molecular weight is 320 g/mol. The van der Waals surface area contributed by atoms with Gasteiger partial charge in [-0.3, -0.25) is 0 Å². The van der Waals surface area contributed by atoms with Crippen LogP contribution in [-0.4, -0.2) is 47.2 Å². The van der Waals surface area contributed by atoms with Gasteiger partial charge in [0.25, 0.3) is 0 Å². The number of benzene rings is 2. The smallest absolute Gasteiger partial charge is 0.160 e. The lowest BCUT2D eigenvalue weighted by Gasteiger charge is -2.12. The number of fused-ring (bicyclic) bond motifs is 4. The maximum absolute atomic E-state index is 5.40. The van der Waals surface area contributed by atoms with Crippen LogP contribution in [0.15, 0.2) is 42.5 Å². The first-order valence-electron chi connectivity index (χ1n) is 8.05. The third kappa shape index (κ3) is 2.37. The fraction of sp³-hybridized carbons (Fsp3) is 0.263. The first-order valence-corrected chi connectivity index (χ1v) is 8.05. The standard InChI is InChI=1S/C19H20N4O/c1-22(2)10-11-23-17-9-8-13(24-3)12-14(17)18-19(23)21-16-7-5-4-6-15(16)20-18/h4-9,12H,10-11H2,1-3H3. The molecule has 2 aromatic carbocycles. The van der Waals surface area contributed by atoms with E-state index in [1.54, 1.807) is 7.11 Å². The molecule has 5 heteroatoms. The molecule has 0 aliphatic heterocycles. The van der Waals surface area contributed by atoms with Crippen molar-refractivity contribution in [3.8, 4) is 5.75 Å². The van der Waals surface area contributed by atoms with Crippen LogP contribution < -0.4 is 4.74 Å². The molecule has 0 atom stereocenters. The minimum Gasteiger partial charge on any atom is -0.497 e. The van der Waals surface area contributed by atoms with Gasteiger partial charge in [-0.05, 0) is 44.4 Å². The van der Waals surface area contributed by atoms with Gasteiger partial charge in [0.15, 0.2) is 5.65 Å². The van der Waals surface area contributed by atoms with E-state index in [9.17, 15) is 0 Å². The molecule has 0 aliphatic carbocycles. The Kier molecular flexibility index (Phi) is 3.58. The minimum atomic E-state index is 0.837. The van der Waals surface area contributed by atoms with Crippen molar-refractivity contribution in [3.63, 3.8) is 0 Å². The van der Waals surface area contributed by atoms with Crippen LogP contribution in [0.5, 0.6) is 5.75 Å². The molecular weight excluding hydrogens is 300 g/mol. The molecule has 0 amide bonds. The Labute approximate surface area is 140 Å². The van der Waals surface area contributed by atoms with E-state index in [1.165, 1.54) is 0 Å². The third-order valence-electron chi connectivity index (χ3n) is 4.33. The second kappa shape index (κ2) is 5.76. The van der Waals surface area contributed by atoms with Gasteiger partial charge in [-0.15, -0.1) is 0 Å². The first kappa shape index (κ1) is 14.9. The van der Waals surface area contributed by atoms with Crippen molar-refractivity contribution in [2.75, 3.05) is 27.7 Å². The van der Waals surface area contributed by atoms with E-state index >= 15 is 0 Å². The number of methoxy groups -OCH3 is 1. The predicted molar refractivity (Wildman–Crippen MR) is 97.6 cm³/mol. The lowest BCUT2D eigenvalue weighted by Crippen LogP contribution is -2.18. The van der Waals surface area contributed by atoms with Crippen molar-refractivity contribution in [3.05, 3.63) is 42.5 Å². The summed E-state index contributed by atoms with van der Waals surface area (Å²) in [6.07, 6.45) is 0. The molecule has 4 aromatic rings. The second-order valence-corrected chi connectivity index (χ2v) is 6.22. The molecule has 2 aromatic heterocycles. The van der Waals surface area contributed by atoms with Crippen LogP contribution in [0.2, 0.25) is 0 Å². The van der Waals surface area contributed by atoms with Gasteiger partial charge in [0.05, 0.1) is 23.7 Å². The summed E-state index contributed by atoms with van der Waals surface area (Å²) in [7, 11) is 5.85. The molecule has 4 rings (SSSR count). The van der Waals surface area contributed by atoms with Crippen LogP contribution >= 0.6 is 0 Å². The van der Waals surface area contributed by atoms with E-state index in [-0.39, 0.29) is 0 Å². The molecule has 0 radical (unpaired) electrons. The summed E-state index contributed by atoms with van der Waals surface area (Å²) in [5.74, 6) is 0.837. The van der Waals surface area contributed by atoms with Crippen LogP contribution in [0.3, 0.4) is 0 Å². The summed E-state index contributed by atoms with van der Waals surface area (Å²) in [5, 5.41) is 1.08. The highest BCUT2D eigenvalue weighted by Gasteiger charge is 2.15. The second-order valence-electron chi connectivity index (χ2n) is 6.22. The minimum absolute atomic E-state index is 0.837. The molecular formula is C19H20N4O. The number of hydrogen-bond donors (Lipinski definition) is 0. The number of nitrogens with zero attached hydrogens (tertiary/aromatic N) is 4. The third-order valence-corrected chi connectivity index (χ3v) is 4.33. The maximum Gasteiger partial charge on any atom is 0.160 e. The number of likely N-dealkylation sites (N-methyl/N-ethyl adjacent to an activating group) is 1. The summed E-state index contributed by atoms with van der Waals surface area (Å²) in [6, 6.07) is 14.1. The van der Waals surface area contributed by atoms with Crippen molar-refractivity contribution >= 4 is 33.1 Å². The highest BCUT2D eigenvalue weighted by atomic mass is 16.5. The monoisotopic (exact) mass is 320 g/mol. The van der Waals surface area contributed by atoms with Gasteiger partial charge in [-0.1, -0.05) is 12.1 Å². The van der Waals surface area contributed by atoms with Gasteiger partial charge in [0, 0.05) is 18.5 Å². The molecule has 0 spiro atoms. The van der Waals surface area contributed by atoms with Crippen LogP contribution in [0.25, 0.3) is 33.1 Å². The summed E-state index contributed by atoms with van der Waals surface area (Å²) in [6.45, 7) is 1.81. The molecule has 0 saturated heterocycles. The van der Waals surface area contributed by atoms with E-state index in [4.69, 9.17) is 14.7 Å². The highest BCUT2D eigenvalue weighted by molar-refractivity contribution is 6.06.